The molecule has 0 fully saturated rings. The minimum atomic E-state index is 0.0564. The molecule has 0 aliphatic rings. The summed E-state index contributed by atoms with van der Waals surface area (Å²) in [7, 11) is 1.60. The number of ketones is 1. The molecule has 0 aliphatic carbocycles. The molecular weight excluding hydrogens is 232 g/mol. The largest absolute Gasteiger partial charge is 0.496 e. The van der Waals surface area contributed by atoms with E-state index in [-0.39, 0.29) is 5.78 Å². The first-order valence-corrected chi connectivity index (χ1v) is 6.38. The molecule has 1 aromatic heterocycles. The number of thiophene rings is 1. The highest BCUT2D eigenvalue weighted by Gasteiger charge is 2.11. The van der Waals surface area contributed by atoms with E-state index in [0.29, 0.717) is 4.88 Å². The van der Waals surface area contributed by atoms with Crippen LogP contribution in [0.4, 0.5) is 0 Å². The van der Waals surface area contributed by atoms with Gasteiger partial charge in [0.1, 0.15) is 5.75 Å². The van der Waals surface area contributed by atoms with Crippen LogP contribution in [0.2, 0.25) is 0 Å². The normalized spacial score (nSPS) is 10.2. The third-order valence-electron chi connectivity index (χ3n) is 2.66. The molecule has 0 atom stereocenters. The van der Waals surface area contributed by atoms with Gasteiger partial charge in [-0.25, -0.2) is 0 Å². The van der Waals surface area contributed by atoms with E-state index in [4.69, 9.17) is 4.74 Å². The number of aryl methyl sites for hydroxylation is 1. The van der Waals surface area contributed by atoms with Gasteiger partial charge in [0, 0.05) is 17.0 Å². The smallest absolute Gasteiger partial charge is 0.203 e. The van der Waals surface area contributed by atoms with E-state index >= 15 is 0 Å². The SMILES string of the molecule is CCc1ccc(C(=O)c2cc(OC)cs2)cc1. The van der Waals surface area contributed by atoms with E-state index in [9.17, 15) is 4.79 Å². The summed E-state index contributed by atoms with van der Waals surface area (Å²) in [6.07, 6.45) is 0.987. The molecule has 3 heteroatoms. The molecule has 0 N–H and O–H groups in total. The summed E-state index contributed by atoms with van der Waals surface area (Å²) in [5.41, 5.74) is 1.97. The first-order valence-electron chi connectivity index (χ1n) is 5.50. The molecule has 0 unspecified atom stereocenters. The molecule has 0 amide bonds. The molecule has 0 saturated carbocycles. The Labute approximate surface area is 105 Å². The zero-order chi connectivity index (χ0) is 12.3. The molecule has 2 aromatic rings. The van der Waals surface area contributed by atoms with Gasteiger partial charge in [-0.05, 0) is 12.0 Å². The lowest BCUT2D eigenvalue weighted by atomic mass is 10.1. The first kappa shape index (κ1) is 11.9. The van der Waals surface area contributed by atoms with Crippen molar-refractivity contribution < 1.29 is 9.53 Å². The van der Waals surface area contributed by atoms with Crippen molar-refractivity contribution in [2.24, 2.45) is 0 Å². The summed E-state index contributed by atoms with van der Waals surface area (Å²) in [5, 5.41) is 1.84. The standard InChI is InChI=1S/C14H14O2S/c1-3-10-4-6-11(7-5-10)14(15)13-8-12(16-2)9-17-13/h4-9H,3H2,1-2H3. The predicted molar refractivity (Wildman–Crippen MR) is 70.1 cm³/mol. The number of carbonyl (C=O) groups excluding carboxylic acids is 1. The minimum absolute atomic E-state index is 0.0564. The Morgan fingerprint density at radius 3 is 2.53 bits per heavy atom. The van der Waals surface area contributed by atoms with Crippen LogP contribution in [0.3, 0.4) is 0 Å². The molecule has 88 valence electrons. The molecule has 0 bridgehead atoms. The van der Waals surface area contributed by atoms with E-state index in [2.05, 4.69) is 6.92 Å². The maximum Gasteiger partial charge on any atom is 0.203 e. The topological polar surface area (TPSA) is 26.3 Å². The average molecular weight is 246 g/mol. The number of hydrogen-bond donors (Lipinski definition) is 0. The maximum absolute atomic E-state index is 12.1. The lowest BCUT2D eigenvalue weighted by Gasteiger charge is -2.00. The molecule has 0 saturated heterocycles. The van der Waals surface area contributed by atoms with Gasteiger partial charge in [-0.1, -0.05) is 31.2 Å². The summed E-state index contributed by atoms with van der Waals surface area (Å²) in [4.78, 5) is 12.8. The summed E-state index contributed by atoms with van der Waals surface area (Å²) in [6.45, 7) is 2.10. The quantitative estimate of drug-likeness (QED) is 0.771. The number of methoxy groups -OCH3 is 1. The maximum atomic E-state index is 12.1. The predicted octanol–water partition coefficient (Wildman–Crippen LogP) is 3.55. The Kier molecular flexibility index (Phi) is 3.59. The summed E-state index contributed by atoms with van der Waals surface area (Å²) < 4.78 is 5.08. The highest BCUT2D eigenvalue weighted by molar-refractivity contribution is 7.12. The Hall–Kier alpha value is -1.61. The van der Waals surface area contributed by atoms with Crippen molar-refractivity contribution in [1.82, 2.24) is 0 Å². The van der Waals surface area contributed by atoms with Gasteiger partial charge in [-0.15, -0.1) is 11.3 Å². The van der Waals surface area contributed by atoms with Crippen LogP contribution in [0.1, 0.15) is 27.7 Å². The van der Waals surface area contributed by atoms with Gasteiger partial charge in [-0.3, -0.25) is 4.79 Å². The lowest BCUT2D eigenvalue weighted by Crippen LogP contribution is -1.98. The molecule has 1 heterocycles. The number of rotatable bonds is 4. The third kappa shape index (κ3) is 2.56. The Balaban J connectivity index is 2.23. The van der Waals surface area contributed by atoms with Crippen molar-refractivity contribution in [3.63, 3.8) is 0 Å². The van der Waals surface area contributed by atoms with Crippen LogP contribution in [0.15, 0.2) is 35.7 Å². The summed E-state index contributed by atoms with van der Waals surface area (Å²) in [6, 6.07) is 9.54. The van der Waals surface area contributed by atoms with Crippen molar-refractivity contribution in [3.8, 4) is 5.75 Å². The van der Waals surface area contributed by atoms with Crippen molar-refractivity contribution in [2.75, 3.05) is 7.11 Å². The highest BCUT2D eigenvalue weighted by atomic mass is 32.1. The average Bonchev–Trinajstić information content (AvgIpc) is 2.87. The molecule has 2 nitrogen and oxygen atoms in total. The molecule has 0 spiro atoms. The van der Waals surface area contributed by atoms with Gasteiger partial charge in [0.05, 0.1) is 12.0 Å². The van der Waals surface area contributed by atoms with Crippen LogP contribution in [0.5, 0.6) is 5.75 Å². The van der Waals surface area contributed by atoms with Crippen molar-refractivity contribution >= 4 is 17.1 Å². The molecular formula is C14H14O2S. The Morgan fingerprint density at radius 2 is 2.00 bits per heavy atom. The second kappa shape index (κ2) is 5.15. The van der Waals surface area contributed by atoms with Crippen LogP contribution in [-0.2, 0) is 6.42 Å². The summed E-state index contributed by atoms with van der Waals surface area (Å²) >= 11 is 1.41. The zero-order valence-electron chi connectivity index (χ0n) is 9.90. The number of ether oxygens (including phenoxy) is 1. The second-order valence-electron chi connectivity index (χ2n) is 3.73. The Bertz CT molecular complexity index is 511. The van der Waals surface area contributed by atoms with Crippen LogP contribution < -0.4 is 4.74 Å². The third-order valence-corrected chi connectivity index (χ3v) is 3.57. The minimum Gasteiger partial charge on any atom is -0.496 e. The molecule has 1 aromatic carbocycles. The van der Waals surface area contributed by atoms with Gasteiger partial charge in [0.25, 0.3) is 0 Å². The molecule has 2 rings (SSSR count). The lowest BCUT2D eigenvalue weighted by molar-refractivity contribution is 0.104. The van der Waals surface area contributed by atoms with Crippen molar-refractivity contribution in [3.05, 3.63) is 51.7 Å². The van der Waals surface area contributed by atoms with E-state index < -0.39 is 0 Å². The monoisotopic (exact) mass is 246 g/mol. The van der Waals surface area contributed by atoms with Gasteiger partial charge in [0.15, 0.2) is 0 Å². The fraction of sp³-hybridized carbons (Fsp3) is 0.214. The van der Waals surface area contributed by atoms with E-state index in [1.807, 2.05) is 29.6 Å². The van der Waals surface area contributed by atoms with E-state index in [1.54, 1.807) is 13.2 Å². The van der Waals surface area contributed by atoms with E-state index in [0.717, 1.165) is 17.7 Å². The van der Waals surface area contributed by atoms with Crippen molar-refractivity contribution in [2.45, 2.75) is 13.3 Å². The summed E-state index contributed by atoms with van der Waals surface area (Å²) in [5.74, 6) is 0.796. The zero-order valence-corrected chi connectivity index (χ0v) is 10.7. The Morgan fingerprint density at radius 1 is 1.29 bits per heavy atom. The van der Waals surface area contributed by atoms with Crippen LogP contribution in [0.25, 0.3) is 0 Å². The number of carbonyl (C=O) groups is 1. The van der Waals surface area contributed by atoms with Crippen LogP contribution in [0, 0.1) is 0 Å². The van der Waals surface area contributed by atoms with Gasteiger partial charge in [0.2, 0.25) is 5.78 Å². The van der Waals surface area contributed by atoms with Gasteiger partial charge in [-0.2, -0.15) is 0 Å². The molecule has 17 heavy (non-hydrogen) atoms. The van der Waals surface area contributed by atoms with Crippen molar-refractivity contribution in [1.29, 1.82) is 0 Å². The highest BCUT2D eigenvalue weighted by Crippen LogP contribution is 2.23. The van der Waals surface area contributed by atoms with E-state index in [1.165, 1.54) is 16.9 Å². The number of hydrogen-bond acceptors (Lipinski definition) is 3. The van der Waals surface area contributed by atoms with Crippen LogP contribution in [-0.4, -0.2) is 12.9 Å². The molecule has 0 aliphatic heterocycles. The first-order chi connectivity index (χ1) is 8.24. The fourth-order valence-corrected chi connectivity index (χ4v) is 2.40. The van der Waals surface area contributed by atoms with Gasteiger partial charge >= 0.3 is 0 Å². The second-order valence-corrected chi connectivity index (χ2v) is 4.64. The molecule has 0 radical (unpaired) electrons. The van der Waals surface area contributed by atoms with Gasteiger partial charge < -0.3 is 4.74 Å². The number of benzene rings is 1. The fourth-order valence-electron chi connectivity index (χ4n) is 1.58. The van der Waals surface area contributed by atoms with Crippen LogP contribution >= 0.6 is 11.3 Å².